The van der Waals surface area contributed by atoms with Gasteiger partial charge in [-0.15, -0.1) is 0 Å². The molecule has 0 aliphatic carbocycles. The van der Waals surface area contributed by atoms with E-state index in [0.29, 0.717) is 17.4 Å². The molecular formula is C18H14ClN3. The molecule has 1 aromatic heterocycles. The lowest BCUT2D eigenvalue weighted by Crippen LogP contribution is -2.10. The summed E-state index contributed by atoms with van der Waals surface area (Å²) in [6.07, 6.45) is 2.52. The van der Waals surface area contributed by atoms with E-state index in [2.05, 4.69) is 40.3 Å². The third kappa shape index (κ3) is 2.34. The molecule has 2 heterocycles. The van der Waals surface area contributed by atoms with Crippen LogP contribution < -0.4 is 5.73 Å². The topological polar surface area (TPSA) is 51.3 Å². The average molecular weight is 308 g/mol. The van der Waals surface area contributed by atoms with E-state index in [0.717, 1.165) is 22.9 Å². The Morgan fingerprint density at radius 1 is 1.05 bits per heavy atom. The maximum absolute atomic E-state index is 6.02. The lowest BCUT2D eigenvalue weighted by Gasteiger charge is -2.07. The summed E-state index contributed by atoms with van der Waals surface area (Å²) in [5, 5.41) is 1.72. The molecule has 3 aromatic rings. The fourth-order valence-electron chi connectivity index (χ4n) is 2.87. The number of rotatable bonds is 2. The summed E-state index contributed by atoms with van der Waals surface area (Å²) in [5.41, 5.74) is 11.6. The van der Waals surface area contributed by atoms with Crippen LogP contribution in [0.15, 0.2) is 53.7 Å². The Hall–Kier alpha value is -2.39. The fraction of sp³-hybridized carbons (Fsp3) is 0.111. The van der Waals surface area contributed by atoms with Crippen molar-refractivity contribution in [3.63, 3.8) is 0 Å². The number of benzene rings is 2. The molecule has 0 unspecified atom stereocenters. The third-order valence-corrected chi connectivity index (χ3v) is 4.20. The minimum Gasteiger partial charge on any atom is -0.383 e. The zero-order chi connectivity index (χ0) is 15.1. The van der Waals surface area contributed by atoms with E-state index >= 15 is 0 Å². The van der Waals surface area contributed by atoms with Gasteiger partial charge in [-0.1, -0.05) is 29.8 Å². The largest absolute Gasteiger partial charge is 0.383 e. The Morgan fingerprint density at radius 3 is 2.77 bits per heavy atom. The predicted octanol–water partition coefficient (Wildman–Crippen LogP) is 3.70. The molecule has 0 spiro atoms. The lowest BCUT2D eigenvalue weighted by atomic mass is 9.99. The fourth-order valence-corrected chi connectivity index (χ4v) is 3.03. The first kappa shape index (κ1) is 13.3. The van der Waals surface area contributed by atoms with E-state index in [4.69, 9.17) is 17.3 Å². The van der Waals surface area contributed by atoms with Crippen LogP contribution in [0.5, 0.6) is 0 Å². The first-order chi connectivity index (χ1) is 10.7. The molecule has 22 heavy (non-hydrogen) atoms. The third-order valence-electron chi connectivity index (χ3n) is 3.99. The molecular weight excluding hydrogens is 294 g/mol. The number of hydrogen-bond donors (Lipinski definition) is 1. The number of nitrogens with two attached hydrogens (primary N) is 1. The van der Waals surface area contributed by atoms with Crippen molar-refractivity contribution in [1.82, 2.24) is 4.98 Å². The SMILES string of the molecule is NC1=NCc2ccc(Cc3ccc4ncc(Cl)cc4c3)cc21. The summed E-state index contributed by atoms with van der Waals surface area (Å²) in [6.45, 7) is 0.696. The second kappa shape index (κ2) is 5.11. The molecule has 0 bridgehead atoms. The van der Waals surface area contributed by atoms with Gasteiger partial charge >= 0.3 is 0 Å². The number of nitrogens with zero attached hydrogens (tertiary/aromatic N) is 2. The van der Waals surface area contributed by atoms with Crippen molar-refractivity contribution < 1.29 is 0 Å². The normalized spacial score (nSPS) is 13.2. The van der Waals surface area contributed by atoms with E-state index in [1.54, 1.807) is 6.20 Å². The molecule has 1 aliphatic rings. The van der Waals surface area contributed by atoms with Crippen molar-refractivity contribution in [3.8, 4) is 0 Å². The first-order valence-corrected chi connectivity index (χ1v) is 7.53. The summed E-state index contributed by atoms with van der Waals surface area (Å²) in [6, 6.07) is 14.6. The summed E-state index contributed by atoms with van der Waals surface area (Å²) in [4.78, 5) is 8.60. The van der Waals surface area contributed by atoms with Crippen molar-refractivity contribution >= 4 is 28.3 Å². The molecule has 0 atom stereocenters. The van der Waals surface area contributed by atoms with Gasteiger partial charge in [-0.2, -0.15) is 0 Å². The van der Waals surface area contributed by atoms with E-state index in [9.17, 15) is 0 Å². The van der Waals surface area contributed by atoms with Gasteiger partial charge in [-0.25, -0.2) is 0 Å². The molecule has 0 amide bonds. The van der Waals surface area contributed by atoms with Crippen LogP contribution in [0.2, 0.25) is 5.02 Å². The van der Waals surface area contributed by atoms with E-state index < -0.39 is 0 Å². The van der Waals surface area contributed by atoms with Gasteiger partial charge < -0.3 is 5.73 Å². The summed E-state index contributed by atoms with van der Waals surface area (Å²) >= 11 is 6.02. The number of hydrogen-bond acceptors (Lipinski definition) is 3. The van der Waals surface area contributed by atoms with Crippen LogP contribution in [0.1, 0.15) is 22.3 Å². The highest BCUT2D eigenvalue weighted by Gasteiger charge is 2.13. The minimum atomic E-state index is 0.645. The highest BCUT2D eigenvalue weighted by atomic mass is 35.5. The number of aromatic nitrogens is 1. The zero-order valence-electron chi connectivity index (χ0n) is 11.9. The van der Waals surface area contributed by atoms with Crippen LogP contribution >= 0.6 is 11.6 Å². The second-order valence-electron chi connectivity index (χ2n) is 5.55. The highest BCUT2D eigenvalue weighted by molar-refractivity contribution is 6.31. The van der Waals surface area contributed by atoms with E-state index in [1.165, 1.54) is 16.7 Å². The monoisotopic (exact) mass is 307 g/mol. The smallest absolute Gasteiger partial charge is 0.126 e. The summed E-state index contributed by atoms with van der Waals surface area (Å²) in [7, 11) is 0. The highest BCUT2D eigenvalue weighted by Crippen LogP contribution is 2.23. The number of amidine groups is 1. The molecule has 0 fully saturated rings. The van der Waals surface area contributed by atoms with Crippen LogP contribution in [0, 0.1) is 0 Å². The molecule has 0 saturated carbocycles. The van der Waals surface area contributed by atoms with Crippen molar-refractivity contribution in [2.24, 2.45) is 10.7 Å². The second-order valence-corrected chi connectivity index (χ2v) is 5.99. The Kier molecular flexibility index (Phi) is 3.09. The molecule has 0 saturated heterocycles. The maximum Gasteiger partial charge on any atom is 0.126 e. The molecule has 4 heteroatoms. The standard InChI is InChI=1S/C18H14ClN3/c19-15-8-14-6-11(2-4-17(14)21-10-15)5-12-1-3-13-9-22-18(20)16(13)7-12/h1-4,6-8,10H,5,9H2,(H2,20,22). The number of halogens is 1. The molecule has 108 valence electrons. The number of aliphatic imine (C=N–C) groups is 1. The van der Waals surface area contributed by atoms with Crippen LogP contribution in [-0.2, 0) is 13.0 Å². The van der Waals surface area contributed by atoms with Crippen LogP contribution in [0.4, 0.5) is 0 Å². The average Bonchev–Trinajstić information content (AvgIpc) is 2.88. The molecule has 4 rings (SSSR count). The lowest BCUT2D eigenvalue weighted by molar-refractivity contribution is 1.10. The maximum atomic E-state index is 6.02. The number of pyridine rings is 1. The van der Waals surface area contributed by atoms with Crippen molar-refractivity contribution in [2.45, 2.75) is 13.0 Å². The van der Waals surface area contributed by atoms with Gasteiger partial charge in [0.1, 0.15) is 5.84 Å². The van der Waals surface area contributed by atoms with Crippen molar-refractivity contribution in [1.29, 1.82) is 0 Å². The van der Waals surface area contributed by atoms with Crippen molar-refractivity contribution in [2.75, 3.05) is 0 Å². The van der Waals surface area contributed by atoms with Gasteiger partial charge in [-0.05, 0) is 47.4 Å². The van der Waals surface area contributed by atoms with Crippen molar-refractivity contribution in [3.05, 3.63) is 75.9 Å². The Bertz CT molecular complexity index is 915. The van der Waals surface area contributed by atoms with E-state index in [1.807, 2.05) is 12.1 Å². The Balaban J connectivity index is 1.69. The zero-order valence-corrected chi connectivity index (χ0v) is 12.6. The molecule has 0 radical (unpaired) electrons. The molecule has 1 aliphatic heterocycles. The Morgan fingerprint density at radius 2 is 1.86 bits per heavy atom. The first-order valence-electron chi connectivity index (χ1n) is 7.15. The molecule has 2 aromatic carbocycles. The predicted molar refractivity (Wildman–Crippen MR) is 90.4 cm³/mol. The van der Waals surface area contributed by atoms with Gasteiger partial charge in [0.15, 0.2) is 0 Å². The van der Waals surface area contributed by atoms with Gasteiger partial charge in [-0.3, -0.25) is 9.98 Å². The van der Waals surface area contributed by atoms with Gasteiger partial charge in [0.25, 0.3) is 0 Å². The molecule has 2 N–H and O–H groups in total. The van der Waals surface area contributed by atoms with Crippen LogP contribution in [-0.4, -0.2) is 10.8 Å². The summed E-state index contributed by atoms with van der Waals surface area (Å²) in [5.74, 6) is 0.645. The van der Waals surface area contributed by atoms with Gasteiger partial charge in [0, 0.05) is 17.1 Å². The van der Waals surface area contributed by atoms with Gasteiger partial charge in [0.2, 0.25) is 0 Å². The quantitative estimate of drug-likeness (QED) is 0.785. The minimum absolute atomic E-state index is 0.645. The van der Waals surface area contributed by atoms with Crippen LogP contribution in [0.25, 0.3) is 10.9 Å². The van der Waals surface area contributed by atoms with Crippen LogP contribution in [0.3, 0.4) is 0 Å². The number of fused-ring (bicyclic) bond motifs is 2. The van der Waals surface area contributed by atoms with E-state index in [-0.39, 0.29) is 0 Å². The Labute approximate surface area is 133 Å². The molecule has 3 nitrogen and oxygen atoms in total. The van der Waals surface area contributed by atoms with Gasteiger partial charge in [0.05, 0.1) is 17.1 Å². The summed E-state index contributed by atoms with van der Waals surface area (Å²) < 4.78 is 0.